The van der Waals surface area contributed by atoms with Gasteiger partial charge in [0.05, 0.1) is 26.9 Å². The first-order chi connectivity index (χ1) is 14.9. The highest BCUT2D eigenvalue weighted by molar-refractivity contribution is 7.89. The number of nitrogens with one attached hydrogen (secondary N) is 1. The number of aryl methyl sites for hydroxylation is 3. The number of amides is 1. The van der Waals surface area contributed by atoms with E-state index in [-0.39, 0.29) is 21.5 Å². The van der Waals surface area contributed by atoms with Crippen molar-refractivity contribution < 1.29 is 13.2 Å². The summed E-state index contributed by atoms with van der Waals surface area (Å²) in [6, 6.07) is 11.6. The molecule has 7 nitrogen and oxygen atoms in total. The molecule has 9 heteroatoms. The number of anilines is 1. The van der Waals surface area contributed by atoms with Crippen molar-refractivity contribution in [1.29, 1.82) is 0 Å². The van der Waals surface area contributed by atoms with Crippen LogP contribution in [0.4, 0.5) is 5.82 Å². The summed E-state index contributed by atoms with van der Waals surface area (Å²) in [4.78, 5) is 13.1. The molecule has 0 aliphatic rings. The Hall–Kier alpha value is -2.68. The lowest BCUT2D eigenvalue weighted by atomic mass is 10.1. The second-order valence-electron chi connectivity index (χ2n) is 8.14. The first kappa shape index (κ1) is 24.0. The van der Waals surface area contributed by atoms with Crippen molar-refractivity contribution in [3.63, 3.8) is 0 Å². The Morgan fingerprint density at radius 3 is 2.28 bits per heavy atom. The molecule has 0 aliphatic carbocycles. The van der Waals surface area contributed by atoms with Crippen molar-refractivity contribution in [1.82, 2.24) is 14.1 Å². The number of hydrogen-bond donors (Lipinski definition) is 1. The first-order valence-electron chi connectivity index (χ1n) is 10.1. The zero-order chi connectivity index (χ0) is 23.8. The molecule has 2 aromatic carbocycles. The van der Waals surface area contributed by atoms with Crippen LogP contribution in [0.15, 0.2) is 47.4 Å². The summed E-state index contributed by atoms with van der Waals surface area (Å²) in [5, 5.41) is 7.48. The van der Waals surface area contributed by atoms with E-state index in [4.69, 9.17) is 11.6 Å². The molecular weight excluding hydrogens is 448 g/mol. The van der Waals surface area contributed by atoms with Gasteiger partial charge in [-0.05, 0) is 76.1 Å². The Morgan fingerprint density at radius 1 is 1.06 bits per heavy atom. The van der Waals surface area contributed by atoms with Crippen LogP contribution in [-0.4, -0.2) is 41.5 Å². The number of halogens is 1. The molecule has 3 aromatic rings. The Kier molecular flexibility index (Phi) is 6.78. The summed E-state index contributed by atoms with van der Waals surface area (Å²) in [5.41, 5.74) is 3.74. The molecule has 1 aromatic heterocycles. The van der Waals surface area contributed by atoms with Crippen molar-refractivity contribution in [2.45, 2.75) is 45.6 Å². The van der Waals surface area contributed by atoms with Gasteiger partial charge >= 0.3 is 0 Å². The van der Waals surface area contributed by atoms with E-state index in [1.165, 1.54) is 29.6 Å². The van der Waals surface area contributed by atoms with Gasteiger partial charge in [0.15, 0.2) is 0 Å². The van der Waals surface area contributed by atoms with Crippen molar-refractivity contribution in [3.05, 3.63) is 69.9 Å². The van der Waals surface area contributed by atoms with Crippen LogP contribution in [0.5, 0.6) is 0 Å². The first-order valence-corrected chi connectivity index (χ1v) is 12.0. The smallest absolute Gasteiger partial charge is 0.258 e. The lowest BCUT2D eigenvalue weighted by Crippen LogP contribution is -2.33. The van der Waals surface area contributed by atoms with E-state index in [1.54, 1.807) is 24.6 Å². The predicted molar refractivity (Wildman–Crippen MR) is 127 cm³/mol. The fourth-order valence-corrected chi connectivity index (χ4v) is 4.92. The summed E-state index contributed by atoms with van der Waals surface area (Å²) >= 11 is 6.26. The molecule has 1 heterocycles. The van der Waals surface area contributed by atoms with E-state index in [9.17, 15) is 13.2 Å². The number of rotatable bonds is 6. The van der Waals surface area contributed by atoms with Crippen LogP contribution in [0.1, 0.15) is 41.0 Å². The second kappa shape index (κ2) is 9.05. The SMILES string of the molecule is Cc1cc(C)cc(-n2nc(C)cc2NC(=O)c2cc(S(=O)(=O)N(C)C(C)C)ccc2Cl)c1. The maximum absolute atomic E-state index is 13.1. The van der Waals surface area contributed by atoms with Crippen LogP contribution in [0, 0.1) is 20.8 Å². The maximum Gasteiger partial charge on any atom is 0.258 e. The summed E-state index contributed by atoms with van der Waals surface area (Å²) < 4.78 is 28.6. The molecule has 0 saturated heterocycles. The van der Waals surface area contributed by atoms with E-state index < -0.39 is 15.9 Å². The number of nitrogens with zero attached hydrogens (tertiary/aromatic N) is 3. The number of aromatic nitrogens is 2. The minimum Gasteiger partial charge on any atom is -0.306 e. The van der Waals surface area contributed by atoms with Gasteiger partial charge in [0, 0.05) is 19.2 Å². The number of carbonyl (C=O) groups is 1. The molecule has 0 fully saturated rings. The molecule has 0 spiro atoms. The Labute approximate surface area is 194 Å². The second-order valence-corrected chi connectivity index (χ2v) is 10.5. The van der Waals surface area contributed by atoms with Gasteiger partial charge < -0.3 is 5.32 Å². The third kappa shape index (κ3) is 4.87. The molecule has 32 heavy (non-hydrogen) atoms. The van der Waals surface area contributed by atoms with Gasteiger partial charge in [-0.15, -0.1) is 0 Å². The van der Waals surface area contributed by atoms with Gasteiger partial charge in [0.25, 0.3) is 5.91 Å². The molecule has 3 rings (SSSR count). The molecule has 0 unspecified atom stereocenters. The van der Waals surface area contributed by atoms with E-state index >= 15 is 0 Å². The molecule has 1 N–H and O–H groups in total. The molecule has 0 atom stereocenters. The molecule has 1 amide bonds. The highest BCUT2D eigenvalue weighted by atomic mass is 35.5. The third-order valence-corrected chi connectivity index (χ3v) is 7.47. The van der Waals surface area contributed by atoms with Crippen molar-refractivity contribution in [2.24, 2.45) is 0 Å². The number of hydrogen-bond acceptors (Lipinski definition) is 4. The average Bonchev–Trinajstić information content (AvgIpc) is 3.06. The normalized spacial score (nSPS) is 11.9. The topological polar surface area (TPSA) is 84.3 Å². The molecule has 0 bridgehead atoms. The lowest BCUT2D eigenvalue weighted by molar-refractivity contribution is 0.102. The van der Waals surface area contributed by atoms with Crippen LogP contribution in [0.25, 0.3) is 5.69 Å². The van der Waals surface area contributed by atoms with Gasteiger partial charge in [-0.2, -0.15) is 9.40 Å². The van der Waals surface area contributed by atoms with Crippen LogP contribution < -0.4 is 5.32 Å². The van der Waals surface area contributed by atoms with Crippen LogP contribution in [0.2, 0.25) is 5.02 Å². The van der Waals surface area contributed by atoms with Gasteiger partial charge in [0.1, 0.15) is 5.82 Å². The maximum atomic E-state index is 13.1. The van der Waals surface area contributed by atoms with Crippen LogP contribution in [0.3, 0.4) is 0 Å². The van der Waals surface area contributed by atoms with Gasteiger partial charge in [-0.25, -0.2) is 13.1 Å². The fraction of sp³-hybridized carbons (Fsp3) is 0.304. The van der Waals surface area contributed by atoms with Crippen LogP contribution >= 0.6 is 11.6 Å². The standard InChI is InChI=1S/C23H27ClN4O3S/c1-14(2)27(6)32(30,31)19-7-8-21(24)20(13-19)23(29)25-22-12-17(5)26-28(22)18-10-15(3)9-16(4)11-18/h7-14H,1-6H3,(H,25,29). The molecule has 0 aliphatic heterocycles. The van der Waals surface area contributed by atoms with Gasteiger partial charge in [-0.1, -0.05) is 17.7 Å². The van der Waals surface area contributed by atoms with E-state index in [0.29, 0.717) is 5.82 Å². The number of benzene rings is 2. The molecule has 170 valence electrons. The van der Waals surface area contributed by atoms with Crippen molar-refractivity contribution in [2.75, 3.05) is 12.4 Å². The minimum absolute atomic E-state index is 0.00208. The highest BCUT2D eigenvalue weighted by Crippen LogP contribution is 2.26. The summed E-state index contributed by atoms with van der Waals surface area (Å²) in [6.07, 6.45) is 0. The molecule has 0 radical (unpaired) electrons. The minimum atomic E-state index is -3.76. The van der Waals surface area contributed by atoms with E-state index in [1.807, 2.05) is 32.9 Å². The molecular formula is C23H27ClN4O3S. The van der Waals surface area contributed by atoms with Crippen molar-refractivity contribution in [3.8, 4) is 5.69 Å². The number of sulfonamides is 1. The van der Waals surface area contributed by atoms with Gasteiger partial charge in [0.2, 0.25) is 10.0 Å². The monoisotopic (exact) mass is 474 g/mol. The summed E-state index contributed by atoms with van der Waals surface area (Å²) in [6.45, 7) is 9.36. The van der Waals surface area contributed by atoms with E-state index in [2.05, 4.69) is 16.5 Å². The zero-order valence-electron chi connectivity index (χ0n) is 19.0. The Morgan fingerprint density at radius 2 is 1.69 bits per heavy atom. The summed E-state index contributed by atoms with van der Waals surface area (Å²) in [7, 11) is -2.26. The zero-order valence-corrected chi connectivity index (χ0v) is 20.5. The summed E-state index contributed by atoms with van der Waals surface area (Å²) in [5.74, 6) is -0.0640. The average molecular weight is 475 g/mol. The lowest BCUT2D eigenvalue weighted by Gasteiger charge is -2.21. The number of carbonyl (C=O) groups excluding carboxylic acids is 1. The van der Waals surface area contributed by atoms with Crippen molar-refractivity contribution >= 4 is 33.3 Å². The Balaban J connectivity index is 1.99. The molecule has 0 saturated carbocycles. The van der Waals surface area contributed by atoms with Crippen LogP contribution in [-0.2, 0) is 10.0 Å². The fourth-order valence-electron chi connectivity index (χ4n) is 3.32. The van der Waals surface area contributed by atoms with Gasteiger partial charge in [-0.3, -0.25) is 4.79 Å². The van der Waals surface area contributed by atoms with E-state index in [0.717, 1.165) is 22.5 Å². The highest BCUT2D eigenvalue weighted by Gasteiger charge is 2.25. The third-order valence-electron chi connectivity index (χ3n) is 5.11. The Bertz CT molecular complexity index is 1260. The largest absolute Gasteiger partial charge is 0.306 e. The quantitative estimate of drug-likeness (QED) is 0.559. The predicted octanol–water partition coefficient (Wildman–Crippen LogP) is 4.73.